The van der Waals surface area contributed by atoms with Crippen LogP contribution in [-0.4, -0.2) is 24.5 Å². The van der Waals surface area contributed by atoms with Crippen LogP contribution in [0.1, 0.15) is 0 Å². The fraction of sp³-hybridized carbons (Fsp3) is 0.300. The van der Waals surface area contributed by atoms with Crippen LogP contribution >= 0.6 is 31.9 Å². The van der Waals surface area contributed by atoms with Crippen molar-refractivity contribution in [1.82, 2.24) is 0 Å². The van der Waals surface area contributed by atoms with Gasteiger partial charge >= 0.3 is 5.97 Å². The molecule has 0 aliphatic carbocycles. The lowest BCUT2D eigenvalue weighted by Gasteiger charge is -2.10. The molecule has 0 radical (unpaired) electrons. The number of anilines is 1. The van der Waals surface area contributed by atoms with Gasteiger partial charge in [-0.15, -0.1) is 0 Å². The van der Waals surface area contributed by atoms with Gasteiger partial charge in [-0.25, -0.2) is 0 Å². The zero-order chi connectivity index (χ0) is 11.3. The molecular formula is C10H11Br2NO2. The number of rotatable bonds is 4. The maximum absolute atomic E-state index is 11.1. The van der Waals surface area contributed by atoms with E-state index in [-0.39, 0.29) is 10.8 Å². The number of methoxy groups -OCH3 is 1. The number of carbonyl (C=O) groups is 1. The summed E-state index contributed by atoms with van der Waals surface area (Å²) in [5.74, 6) is -0.278. The van der Waals surface area contributed by atoms with E-state index in [0.29, 0.717) is 6.54 Å². The molecule has 0 aliphatic heterocycles. The van der Waals surface area contributed by atoms with E-state index in [1.165, 1.54) is 7.11 Å². The Kier molecular flexibility index (Phi) is 5.11. The first kappa shape index (κ1) is 12.5. The summed E-state index contributed by atoms with van der Waals surface area (Å²) in [7, 11) is 1.37. The van der Waals surface area contributed by atoms with Crippen LogP contribution in [0, 0.1) is 0 Å². The van der Waals surface area contributed by atoms with Crippen molar-refractivity contribution in [2.75, 3.05) is 19.0 Å². The van der Waals surface area contributed by atoms with Crippen LogP contribution < -0.4 is 5.32 Å². The number of hydrogen-bond donors (Lipinski definition) is 1. The van der Waals surface area contributed by atoms with E-state index in [0.717, 1.165) is 10.2 Å². The molecule has 1 rings (SSSR count). The third-order valence-electron chi connectivity index (χ3n) is 1.79. The number of nitrogens with one attached hydrogen (secondary N) is 1. The third-order valence-corrected chi connectivity index (χ3v) is 3.01. The van der Waals surface area contributed by atoms with Crippen molar-refractivity contribution < 1.29 is 9.53 Å². The molecule has 0 amide bonds. The molecule has 3 nitrogen and oxygen atoms in total. The van der Waals surface area contributed by atoms with Gasteiger partial charge < -0.3 is 10.1 Å². The molecule has 1 aromatic rings. The van der Waals surface area contributed by atoms with Gasteiger partial charge in [0.25, 0.3) is 0 Å². The molecule has 0 aliphatic rings. The smallest absolute Gasteiger partial charge is 0.321 e. The monoisotopic (exact) mass is 335 g/mol. The number of esters is 1. The van der Waals surface area contributed by atoms with Crippen molar-refractivity contribution in [2.45, 2.75) is 4.83 Å². The quantitative estimate of drug-likeness (QED) is 0.678. The summed E-state index contributed by atoms with van der Waals surface area (Å²) in [6.07, 6.45) is 0. The van der Waals surface area contributed by atoms with Crippen molar-refractivity contribution in [3.63, 3.8) is 0 Å². The highest BCUT2D eigenvalue weighted by Gasteiger charge is 2.14. The molecule has 0 aromatic heterocycles. The van der Waals surface area contributed by atoms with Crippen molar-refractivity contribution >= 4 is 43.5 Å². The van der Waals surface area contributed by atoms with E-state index >= 15 is 0 Å². The maximum Gasteiger partial charge on any atom is 0.321 e. The first-order chi connectivity index (χ1) is 7.13. The zero-order valence-electron chi connectivity index (χ0n) is 8.17. The third kappa shape index (κ3) is 4.22. The minimum absolute atomic E-state index is 0.278. The Morgan fingerprint density at radius 3 is 2.60 bits per heavy atom. The summed E-state index contributed by atoms with van der Waals surface area (Å²) in [6.45, 7) is 0.494. The van der Waals surface area contributed by atoms with Crippen LogP contribution in [0.3, 0.4) is 0 Å². The first-order valence-corrected chi connectivity index (χ1v) is 6.05. The van der Waals surface area contributed by atoms with E-state index in [2.05, 4.69) is 41.9 Å². The average molecular weight is 337 g/mol. The molecule has 15 heavy (non-hydrogen) atoms. The number of ether oxygens (including phenoxy) is 1. The zero-order valence-corrected chi connectivity index (χ0v) is 11.3. The van der Waals surface area contributed by atoms with E-state index in [4.69, 9.17) is 0 Å². The summed E-state index contributed by atoms with van der Waals surface area (Å²) in [5, 5.41) is 3.12. The van der Waals surface area contributed by atoms with E-state index in [9.17, 15) is 4.79 Å². The summed E-state index contributed by atoms with van der Waals surface area (Å²) in [4.78, 5) is 10.7. The Morgan fingerprint density at radius 1 is 1.47 bits per heavy atom. The minimum atomic E-state index is -0.328. The molecule has 0 heterocycles. The molecule has 5 heteroatoms. The van der Waals surface area contributed by atoms with Gasteiger partial charge in [0.05, 0.1) is 7.11 Å². The second kappa shape index (κ2) is 6.12. The van der Waals surface area contributed by atoms with Crippen molar-refractivity contribution in [2.24, 2.45) is 0 Å². The van der Waals surface area contributed by atoms with Gasteiger partial charge in [0.15, 0.2) is 0 Å². The van der Waals surface area contributed by atoms with Gasteiger partial charge in [-0.3, -0.25) is 4.79 Å². The fourth-order valence-corrected chi connectivity index (χ4v) is 1.60. The summed E-state index contributed by atoms with van der Waals surface area (Å²) in [6, 6.07) is 7.73. The van der Waals surface area contributed by atoms with Crippen molar-refractivity contribution in [1.29, 1.82) is 0 Å². The van der Waals surface area contributed by atoms with Gasteiger partial charge in [-0.05, 0) is 24.3 Å². The Morgan fingerprint density at radius 2 is 2.07 bits per heavy atom. The van der Waals surface area contributed by atoms with Crippen LogP contribution in [0.25, 0.3) is 0 Å². The Bertz CT molecular complexity index is 327. The Labute approximate surface area is 105 Å². The van der Waals surface area contributed by atoms with E-state index in [1.807, 2.05) is 24.3 Å². The molecule has 1 N–H and O–H groups in total. The van der Waals surface area contributed by atoms with Gasteiger partial charge in [0.2, 0.25) is 0 Å². The summed E-state index contributed by atoms with van der Waals surface area (Å²) < 4.78 is 5.61. The molecule has 1 atom stereocenters. The van der Waals surface area contributed by atoms with Gasteiger partial charge in [-0.1, -0.05) is 31.9 Å². The largest absolute Gasteiger partial charge is 0.468 e. The summed E-state index contributed by atoms with van der Waals surface area (Å²) >= 11 is 6.58. The number of alkyl halides is 1. The van der Waals surface area contributed by atoms with Crippen LogP contribution in [0.5, 0.6) is 0 Å². The lowest BCUT2D eigenvalue weighted by molar-refractivity contribution is -0.139. The molecule has 0 saturated carbocycles. The fourth-order valence-electron chi connectivity index (χ4n) is 0.986. The van der Waals surface area contributed by atoms with Gasteiger partial charge in [-0.2, -0.15) is 0 Å². The van der Waals surface area contributed by atoms with Crippen LogP contribution in [0.15, 0.2) is 28.7 Å². The highest BCUT2D eigenvalue weighted by atomic mass is 79.9. The Hall–Kier alpha value is -0.550. The van der Waals surface area contributed by atoms with Crippen LogP contribution in [0.2, 0.25) is 0 Å². The number of halogens is 2. The minimum Gasteiger partial charge on any atom is -0.468 e. The predicted octanol–water partition coefficient (Wildman–Crippen LogP) is 2.80. The van der Waals surface area contributed by atoms with Gasteiger partial charge in [0.1, 0.15) is 4.83 Å². The first-order valence-electron chi connectivity index (χ1n) is 4.35. The topological polar surface area (TPSA) is 38.3 Å². The lowest BCUT2D eigenvalue weighted by atomic mass is 10.3. The molecule has 0 fully saturated rings. The molecule has 0 saturated heterocycles. The van der Waals surface area contributed by atoms with Gasteiger partial charge in [0, 0.05) is 16.7 Å². The van der Waals surface area contributed by atoms with E-state index in [1.54, 1.807) is 0 Å². The highest BCUT2D eigenvalue weighted by Crippen LogP contribution is 2.14. The van der Waals surface area contributed by atoms with E-state index < -0.39 is 0 Å². The van der Waals surface area contributed by atoms with Crippen molar-refractivity contribution in [3.8, 4) is 0 Å². The molecule has 1 aromatic carbocycles. The highest BCUT2D eigenvalue weighted by molar-refractivity contribution is 9.10. The maximum atomic E-state index is 11.1. The van der Waals surface area contributed by atoms with Crippen LogP contribution in [-0.2, 0) is 9.53 Å². The number of benzene rings is 1. The number of carbonyl (C=O) groups excluding carboxylic acids is 1. The molecule has 0 spiro atoms. The second-order valence-corrected chi connectivity index (χ2v) is 4.90. The molecule has 82 valence electrons. The second-order valence-electron chi connectivity index (χ2n) is 2.88. The summed E-state index contributed by atoms with van der Waals surface area (Å²) in [5.41, 5.74) is 0.964. The standard InChI is InChI=1S/C10H11Br2NO2/c1-15-10(14)9(12)6-13-8-4-2-7(11)3-5-8/h2-5,9,13H,6H2,1H3. The normalized spacial score (nSPS) is 11.9. The molecule has 0 bridgehead atoms. The Balaban J connectivity index is 2.43. The number of hydrogen-bond acceptors (Lipinski definition) is 3. The van der Waals surface area contributed by atoms with Crippen LogP contribution in [0.4, 0.5) is 5.69 Å². The molecule has 1 unspecified atom stereocenters. The SMILES string of the molecule is COC(=O)C(Br)CNc1ccc(Br)cc1. The lowest BCUT2D eigenvalue weighted by Crippen LogP contribution is -2.24. The molecular weight excluding hydrogens is 326 g/mol. The predicted molar refractivity (Wildman–Crippen MR) is 67.4 cm³/mol. The average Bonchev–Trinajstić information content (AvgIpc) is 2.26. The van der Waals surface area contributed by atoms with Crippen molar-refractivity contribution in [3.05, 3.63) is 28.7 Å².